The standard InChI is InChI=1S/C8H12N2O/c11-7(5-6-1-2-6)8-9-3-4-10-8/h3-4,6-7,11H,1-2,5H2,(H,9,10). The van der Waals surface area contributed by atoms with Gasteiger partial charge in [-0.15, -0.1) is 0 Å². The highest BCUT2D eigenvalue weighted by Gasteiger charge is 2.25. The van der Waals surface area contributed by atoms with Crippen LogP contribution in [0.2, 0.25) is 0 Å². The van der Waals surface area contributed by atoms with Crippen molar-refractivity contribution in [2.75, 3.05) is 0 Å². The number of rotatable bonds is 3. The highest BCUT2D eigenvalue weighted by atomic mass is 16.3. The molecular weight excluding hydrogens is 140 g/mol. The predicted octanol–water partition coefficient (Wildman–Crippen LogP) is 1.24. The lowest BCUT2D eigenvalue weighted by Crippen LogP contribution is -2.00. The third-order valence-electron chi connectivity index (χ3n) is 2.09. The van der Waals surface area contributed by atoms with Crippen molar-refractivity contribution in [2.45, 2.75) is 25.4 Å². The molecule has 2 rings (SSSR count). The van der Waals surface area contributed by atoms with E-state index in [-0.39, 0.29) is 6.10 Å². The van der Waals surface area contributed by atoms with Crippen molar-refractivity contribution >= 4 is 0 Å². The Bertz CT molecular complexity index is 216. The van der Waals surface area contributed by atoms with Gasteiger partial charge in [0.2, 0.25) is 0 Å². The zero-order chi connectivity index (χ0) is 7.68. The topological polar surface area (TPSA) is 48.9 Å². The molecule has 0 spiro atoms. The molecular formula is C8H12N2O. The Balaban J connectivity index is 1.93. The van der Waals surface area contributed by atoms with Crippen molar-refractivity contribution in [1.29, 1.82) is 0 Å². The number of hydrogen-bond donors (Lipinski definition) is 2. The summed E-state index contributed by atoms with van der Waals surface area (Å²) >= 11 is 0. The second-order valence-electron chi connectivity index (χ2n) is 3.17. The summed E-state index contributed by atoms with van der Waals surface area (Å²) < 4.78 is 0. The molecule has 1 fully saturated rings. The number of nitrogens with one attached hydrogen (secondary N) is 1. The second-order valence-corrected chi connectivity index (χ2v) is 3.17. The quantitative estimate of drug-likeness (QED) is 0.684. The summed E-state index contributed by atoms with van der Waals surface area (Å²) in [6.45, 7) is 0. The van der Waals surface area contributed by atoms with Crippen LogP contribution >= 0.6 is 0 Å². The van der Waals surface area contributed by atoms with Gasteiger partial charge in [0.05, 0.1) is 0 Å². The van der Waals surface area contributed by atoms with Gasteiger partial charge in [0, 0.05) is 12.4 Å². The van der Waals surface area contributed by atoms with Gasteiger partial charge in [-0.3, -0.25) is 0 Å². The highest BCUT2D eigenvalue weighted by molar-refractivity contribution is 4.93. The molecule has 60 valence electrons. The number of H-pyrrole nitrogens is 1. The molecule has 0 saturated heterocycles. The molecule has 3 heteroatoms. The molecule has 0 aromatic carbocycles. The SMILES string of the molecule is OC(CC1CC1)c1ncc[nH]1. The van der Waals surface area contributed by atoms with E-state index in [2.05, 4.69) is 9.97 Å². The molecule has 1 saturated carbocycles. The number of aromatic nitrogens is 2. The van der Waals surface area contributed by atoms with E-state index in [0.29, 0.717) is 5.82 Å². The molecule has 1 atom stereocenters. The lowest BCUT2D eigenvalue weighted by molar-refractivity contribution is 0.151. The summed E-state index contributed by atoms with van der Waals surface area (Å²) in [6, 6.07) is 0. The van der Waals surface area contributed by atoms with Crippen LogP contribution in [-0.4, -0.2) is 15.1 Å². The minimum absolute atomic E-state index is 0.377. The first-order chi connectivity index (χ1) is 5.36. The van der Waals surface area contributed by atoms with E-state index >= 15 is 0 Å². The normalized spacial score (nSPS) is 20.1. The molecule has 1 aromatic heterocycles. The molecule has 1 aliphatic rings. The van der Waals surface area contributed by atoms with Gasteiger partial charge in [-0.1, -0.05) is 12.8 Å². The van der Waals surface area contributed by atoms with Crippen LogP contribution < -0.4 is 0 Å². The molecule has 0 aliphatic heterocycles. The van der Waals surface area contributed by atoms with E-state index in [1.54, 1.807) is 12.4 Å². The molecule has 0 radical (unpaired) electrons. The van der Waals surface area contributed by atoms with Crippen LogP contribution in [0.5, 0.6) is 0 Å². The molecule has 2 N–H and O–H groups in total. The van der Waals surface area contributed by atoms with Crippen LogP contribution in [0.15, 0.2) is 12.4 Å². The fourth-order valence-corrected chi connectivity index (χ4v) is 1.24. The Morgan fingerprint density at radius 1 is 1.73 bits per heavy atom. The third-order valence-corrected chi connectivity index (χ3v) is 2.09. The lowest BCUT2D eigenvalue weighted by Gasteiger charge is -2.04. The van der Waals surface area contributed by atoms with Crippen LogP contribution in [-0.2, 0) is 0 Å². The van der Waals surface area contributed by atoms with Gasteiger partial charge in [0.25, 0.3) is 0 Å². The molecule has 11 heavy (non-hydrogen) atoms. The summed E-state index contributed by atoms with van der Waals surface area (Å²) in [5.74, 6) is 1.45. The van der Waals surface area contributed by atoms with Crippen LogP contribution in [0, 0.1) is 5.92 Å². The van der Waals surface area contributed by atoms with Crippen LogP contribution in [0.4, 0.5) is 0 Å². The summed E-state index contributed by atoms with van der Waals surface area (Å²) in [5, 5.41) is 9.53. The lowest BCUT2D eigenvalue weighted by atomic mass is 10.2. The fourth-order valence-electron chi connectivity index (χ4n) is 1.24. The molecule has 0 amide bonds. The van der Waals surface area contributed by atoms with Crippen molar-refractivity contribution in [3.05, 3.63) is 18.2 Å². The zero-order valence-corrected chi connectivity index (χ0v) is 6.33. The first-order valence-electron chi connectivity index (χ1n) is 4.03. The fraction of sp³-hybridized carbons (Fsp3) is 0.625. The monoisotopic (exact) mass is 152 g/mol. The summed E-state index contributed by atoms with van der Waals surface area (Å²) in [7, 11) is 0. The molecule has 1 heterocycles. The van der Waals surface area contributed by atoms with Crippen molar-refractivity contribution in [3.8, 4) is 0 Å². The molecule has 1 aliphatic carbocycles. The molecule has 1 unspecified atom stereocenters. The van der Waals surface area contributed by atoms with Gasteiger partial charge >= 0.3 is 0 Å². The van der Waals surface area contributed by atoms with Crippen molar-refractivity contribution in [1.82, 2.24) is 9.97 Å². The predicted molar refractivity (Wildman–Crippen MR) is 40.9 cm³/mol. The Kier molecular flexibility index (Phi) is 1.66. The van der Waals surface area contributed by atoms with Gasteiger partial charge in [0.15, 0.2) is 0 Å². The number of imidazole rings is 1. The van der Waals surface area contributed by atoms with Crippen LogP contribution in [0.3, 0.4) is 0 Å². The Morgan fingerprint density at radius 3 is 3.09 bits per heavy atom. The first kappa shape index (κ1) is 6.85. The van der Waals surface area contributed by atoms with Crippen molar-refractivity contribution in [2.24, 2.45) is 5.92 Å². The van der Waals surface area contributed by atoms with Gasteiger partial charge in [-0.2, -0.15) is 0 Å². The Labute approximate surface area is 65.5 Å². The van der Waals surface area contributed by atoms with Crippen LogP contribution in [0.25, 0.3) is 0 Å². The van der Waals surface area contributed by atoms with Crippen molar-refractivity contribution < 1.29 is 5.11 Å². The van der Waals surface area contributed by atoms with Crippen LogP contribution in [0.1, 0.15) is 31.2 Å². The average molecular weight is 152 g/mol. The number of hydrogen-bond acceptors (Lipinski definition) is 2. The summed E-state index contributed by atoms with van der Waals surface area (Å²) in [5.41, 5.74) is 0. The first-order valence-corrected chi connectivity index (χ1v) is 4.03. The number of aliphatic hydroxyl groups is 1. The van der Waals surface area contributed by atoms with Gasteiger partial charge in [-0.05, 0) is 12.3 Å². The Hall–Kier alpha value is -0.830. The minimum Gasteiger partial charge on any atom is -0.385 e. The molecule has 3 nitrogen and oxygen atoms in total. The maximum absolute atomic E-state index is 9.53. The maximum Gasteiger partial charge on any atom is 0.135 e. The van der Waals surface area contributed by atoms with E-state index in [4.69, 9.17) is 0 Å². The number of aliphatic hydroxyl groups excluding tert-OH is 1. The highest BCUT2D eigenvalue weighted by Crippen LogP contribution is 2.36. The minimum atomic E-state index is -0.377. The van der Waals surface area contributed by atoms with E-state index in [0.717, 1.165) is 12.3 Å². The van der Waals surface area contributed by atoms with Gasteiger partial charge < -0.3 is 10.1 Å². The van der Waals surface area contributed by atoms with E-state index < -0.39 is 0 Å². The van der Waals surface area contributed by atoms with E-state index in [1.807, 2.05) is 0 Å². The largest absolute Gasteiger partial charge is 0.385 e. The van der Waals surface area contributed by atoms with E-state index in [9.17, 15) is 5.11 Å². The molecule has 0 bridgehead atoms. The second kappa shape index (κ2) is 2.66. The smallest absolute Gasteiger partial charge is 0.135 e. The van der Waals surface area contributed by atoms with E-state index in [1.165, 1.54) is 12.8 Å². The summed E-state index contributed by atoms with van der Waals surface area (Å²) in [4.78, 5) is 6.90. The molecule has 1 aromatic rings. The van der Waals surface area contributed by atoms with Gasteiger partial charge in [0.1, 0.15) is 11.9 Å². The summed E-state index contributed by atoms with van der Waals surface area (Å²) in [6.07, 6.45) is 6.46. The number of nitrogens with zero attached hydrogens (tertiary/aromatic N) is 1. The maximum atomic E-state index is 9.53. The zero-order valence-electron chi connectivity index (χ0n) is 6.33. The number of aromatic amines is 1. The van der Waals surface area contributed by atoms with Crippen molar-refractivity contribution in [3.63, 3.8) is 0 Å². The third kappa shape index (κ3) is 1.60. The Morgan fingerprint density at radius 2 is 2.55 bits per heavy atom. The average Bonchev–Trinajstić information content (AvgIpc) is 2.67. The van der Waals surface area contributed by atoms with Gasteiger partial charge in [-0.25, -0.2) is 4.98 Å².